The first-order valence-electron chi connectivity index (χ1n) is 7.84. The van der Waals surface area contributed by atoms with E-state index in [0.29, 0.717) is 5.82 Å². The largest absolute Gasteiger partial charge is 0.417 e. The normalized spacial score (nSPS) is 21.6. The molecule has 0 radical (unpaired) electrons. The monoisotopic (exact) mass is 324 g/mol. The molecular weight excluding hydrogens is 305 g/mol. The Morgan fingerprint density at radius 3 is 2.52 bits per heavy atom. The van der Waals surface area contributed by atoms with Gasteiger partial charge in [0.1, 0.15) is 5.82 Å². The van der Waals surface area contributed by atoms with Crippen LogP contribution in [0.15, 0.2) is 18.3 Å². The highest BCUT2D eigenvalue weighted by atomic mass is 19.4. The van der Waals surface area contributed by atoms with E-state index in [4.69, 9.17) is 0 Å². The molecule has 0 atom stereocenters. The van der Waals surface area contributed by atoms with Crippen molar-refractivity contribution in [2.75, 3.05) is 37.6 Å². The first-order valence-corrected chi connectivity index (χ1v) is 7.84. The fraction of sp³-hybridized carbons (Fsp3) is 0.625. The van der Waals surface area contributed by atoms with Crippen molar-refractivity contribution in [3.63, 3.8) is 0 Å². The van der Waals surface area contributed by atoms with Crippen LogP contribution in [0.3, 0.4) is 0 Å². The van der Waals surface area contributed by atoms with Gasteiger partial charge in [0.05, 0.1) is 17.0 Å². The lowest BCUT2D eigenvalue weighted by Gasteiger charge is -2.24. The van der Waals surface area contributed by atoms with Crippen molar-refractivity contribution in [2.24, 2.45) is 5.41 Å². The predicted octanol–water partition coefficient (Wildman–Crippen LogP) is 2.92. The molecule has 2 fully saturated rings. The molecule has 1 aliphatic heterocycles. The summed E-state index contributed by atoms with van der Waals surface area (Å²) in [6.45, 7) is 4.03. The van der Waals surface area contributed by atoms with E-state index in [-0.39, 0.29) is 5.41 Å². The second-order valence-electron chi connectivity index (χ2n) is 6.41. The fourth-order valence-corrected chi connectivity index (χ4v) is 2.98. The van der Waals surface area contributed by atoms with Crippen molar-refractivity contribution >= 4 is 5.82 Å². The summed E-state index contributed by atoms with van der Waals surface area (Å²) < 4.78 is 37.8. The van der Waals surface area contributed by atoms with Gasteiger partial charge in [-0.3, -0.25) is 4.90 Å². The summed E-state index contributed by atoms with van der Waals surface area (Å²) in [5.41, 5.74) is -0.871. The molecular formula is C16H19F3N4. The molecule has 0 N–H and O–H groups in total. The number of aromatic nitrogens is 1. The molecule has 0 amide bonds. The average molecular weight is 324 g/mol. The van der Waals surface area contributed by atoms with Gasteiger partial charge in [-0.05, 0) is 37.9 Å². The van der Waals surface area contributed by atoms with Gasteiger partial charge >= 0.3 is 6.18 Å². The number of hydrogen-bond donors (Lipinski definition) is 0. The molecule has 3 rings (SSSR count). The summed E-state index contributed by atoms with van der Waals surface area (Å²) in [6, 6.07) is 4.93. The smallest absolute Gasteiger partial charge is 0.355 e. The van der Waals surface area contributed by atoms with Crippen molar-refractivity contribution in [1.82, 2.24) is 9.88 Å². The molecule has 124 valence electrons. The van der Waals surface area contributed by atoms with Gasteiger partial charge in [0.15, 0.2) is 0 Å². The molecule has 2 heterocycles. The number of hydrogen-bond acceptors (Lipinski definition) is 4. The zero-order valence-electron chi connectivity index (χ0n) is 12.8. The van der Waals surface area contributed by atoms with Crippen LogP contribution in [-0.4, -0.2) is 42.6 Å². The maximum Gasteiger partial charge on any atom is 0.417 e. The lowest BCUT2D eigenvalue weighted by molar-refractivity contribution is -0.137. The Morgan fingerprint density at radius 1 is 1.17 bits per heavy atom. The first-order chi connectivity index (χ1) is 10.9. The number of halogens is 3. The van der Waals surface area contributed by atoms with Crippen LogP contribution in [0.25, 0.3) is 0 Å². The highest BCUT2D eigenvalue weighted by Crippen LogP contribution is 2.45. The SMILES string of the molecule is N#CC1(CN2CCCN(c3ccc(C(F)(F)F)cn3)CC2)CC1. The number of nitriles is 1. The van der Waals surface area contributed by atoms with Crippen LogP contribution >= 0.6 is 0 Å². The maximum absolute atomic E-state index is 12.6. The molecule has 1 saturated carbocycles. The average Bonchev–Trinajstić information content (AvgIpc) is 3.32. The highest BCUT2D eigenvalue weighted by molar-refractivity contribution is 5.40. The van der Waals surface area contributed by atoms with E-state index >= 15 is 0 Å². The van der Waals surface area contributed by atoms with Crippen LogP contribution in [0.1, 0.15) is 24.8 Å². The van der Waals surface area contributed by atoms with Gasteiger partial charge in [-0.1, -0.05) is 0 Å². The zero-order valence-corrected chi connectivity index (χ0v) is 12.8. The Kier molecular flexibility index (Phi) is 4.19. The lowest BCUT2D eigenvalue weighted by atomic mass is 10.1. The molecule has 0 bridgehead atoms. The lowest BCUT2D eigenvalue weighted by Crippen LogP contribution is -2.34. The Balaban J connectivity index is 1.60. The van der Waals surface area contributed by atoms with Crippen LogP contribution in [-0.2, 0) is 6.18 Å². The first kappa shape index (κ1) is 16.1. The molecule has 1 aromatic heterocycles. The minimum atomic E-state index is -4.35. The van der Waals surface area contributed by atoms with E-state index in [0.717, 1.165) is 64.2 Å². The van der Waals surface area contributed by atoms with Gasteiger partial charge < -0.3 is 4.90 Å². The van der Waals surface area contributed by atoms with Gasteiger partial charge in [-0.15, -0.1) is 0 Å². The summed E-state index contributed by atoms with van der Waals surface area (Å²) in [5, 5.41) is 9.19. The summed E-state index contributed by atoms with van der Waals surface area (Å²) in [5.74, 6) is 0.585. The van der Waals surface area contributed by atoms with Gasteiger partial charge in [-0.2, -0.15) is 18.4 Å². The molecule has 0 aromatic carbocycles. The minimum Gasteiger partial charge on any atom is -0.355 e. The van der Waals surface area contributed by atoms with E-state index < -0.39 is 11.7 Å². The number of anilines is 1. The second-order valence-corrected chi connectivity index (χ2v) is 6.41. The number of pyridine rings is 1. The second kappa shape index (κ2) is 6.00. The number of rotatable bonds is 3. The predicted molar refractivity (Wildman–Crippen MR) is 79.8 cm³/mol. The molecule has 0 unspecified atom stereocenters. The van der Waals surface area contributed by atoms with Crippen molar-refractivity contribution in [1.29, 1.82) is 5.26 Å². The molecule has 1 aromatic rings. The topological polar surface area (TPSA) is 43.2 Å². The summed E-state index contributed by atoms with van der Waals surface area (Å²) in [7, 11) is 0. The fourth-order valence-electron chi connectivity index (χ4n) is 2.98. The quantitative estimate of drug-likeness (QED) is 0.857. The third kappa shape index (κ3) is 3.75. The van der Waals surface area contributed by atoms with Crippen molar-refractivity contribution in [3.8, 4) is 6.07 Å². The molecule has 0 spiro atoms. The van der Waals surface area contributed by atoms with E-state index in [9.17, 15) is 18.4 Å². The van der Waals surface area contributed by atoms with Crippen LogP contribution in [0.2, 0.25) is 0 Å². The van der Waals surface area contributed by atoms with Crippen LogP contribution in [0.4, 0.5) is 19.0 Å². The summed E-state index contributed by atoms with van der Waals surface area (Å²) >= 11 is 0. The van der Waals surface area contributed by atoms with E-state index in [2.05, 4.69) is 16.0 Å². The molecule has 7 heteroatoms. The van der Waals surface area contributed by atoms with Crippen LogP contribution < -0.4 is 4.90 Å². The van der Waals surface area contributed by atoms with E-state index in [1.807, 2.05) is 4.90 Å². The highest BCUT2D eigenvalue weighted by Gasteiger charge is 2.44. The Hall–Kier alpha value is -1.81. The van der Waals surface area contributed by atoms with Crippen molar-refractivity contribution in [3.05, 3.63) is 23.9 Å². The standard InChI is InChI=1S/C16H19F3N4/c17-16(18,19)13-2-3-14(21-10-13)23-7-1-6-22(8-9-23)12-15(11-20)4-5-15/h2-3,10H,1,4-9,12H2. The summed E-state index contributed by atoms with van der Waals surface area (Å²) in [6.07, 6.45) is -0.581. The van der Waals surface area contributed by atoms with Gasteiger partial charge in [0.2, 0.25) is 0 Å². The van der Waals surface area contributed by atoms with E-state index in [1.54, 1.807) is 0 Å². The minimum absolute atomic E-state index is 0.151. The molecule has 1 aliphatic carbocycles. The summed E-state index contributed by atoms with van der Waals surface area (Å²) in [4.78, 5) is 8.29. The Morgan fingerprint density at radius 2 is 1.96 bits per heavy atom. The van der Waals surface area contributed by atoms with Crippen molar-refractivity contribution < 1.29 is 13.2 Å². The Bertz CT molecular complexity index is 587. The molecule has 1 saturated heterocycles. The van der Waals surface area contributed by atoms with Gasteiger partial charge in [0.25, 0.3) is 0 Å². The van der Waals surface area contributed by atoms with Crippen molar-refractivity contribution in [2.45, 2.75) is 25.4 Å². The molecule has 2 aliphatic rings. The van der Waals surface area contributed by atoms with Gasteiger partial charge in [-0.25, -0.2) is 4.98 Å². The Labute approximate surface area is 133 Å². The molecule has 23 heavy (non-hydrogen) atoms. The molecule has 4 nitrogen and oxygen atoms in total. The number of alkyl halides is 3. The van der Waals surface area contributed by atoms with Crippen LogP contribution in [0.5, 0.6) is 0 Å². The third-order valence-corrected chi connectivity index (χ3v) is 4.60. The number of nitrogens with zero attached hydrogens (tertiary/aromatic N) is 4. The van der Waals surface area contributed by atoms with Gasteiger partial charge in [0, 0.05) is 32.4 Å². The maximum atomic E-state index is 12.6. The van der Waals surface area contributed by atoms with Crippen LogP contribution in [0, 0.1) is 16.7 Å². The van der Waals surface area contributed by atoms with E-state index in [1.165, 1.54) is 6.07 Å². The third-order valence-electron chi connectivity index (χ3n) is 4.60. The zero-order chi connectivity index (χ0) is 16.5.